The molecule has 0 unspecified atom stereocenters. The second kappa shape index (κ2) is 9.13. The number of unbranched alkanes of at least 4 members (excludes halogenated alkanes) is 1. The van der Waals surface area contributed by atoms with E-state index in [9.17, 15) is 0 Å². The van der Waals surface area contributed by atoms with Crippen LogP contribution in [0.1, 0.15) is 46.5 Å². The Kier molecular flexibility index (Phi) is 9.06. The van der Waals surface area contributed by atoms with Gasteiger partial charge in [-0.15, -0.1) is 0 Å². The lowest BCUT2D eigenvalue weighted by Gasteiger charge is -2.24. The van der Waals surface area contributed by atoms with Crippen LogP contribution in [0.25, 0.3) is 0 Å². The van der Waals surface area contributed by atoms with Crippen LogP contribution < -0.4 is 5.32 Å². The van der Waals surface area contributed by atoms with Crippen molar-refractivity contribution in [3.05, 3.63) is 0 Å². The van der Waals surface area contributed by atoms with E-state index in [2.05, 4.69) is 26.1 Å². The lowest BCUT2D eigenvalue weighted by molar-refractivity contribution is 0.112. The van der Waals surface area contributed by atoms with Gasteiger partial charge in [0, 0.05) is 25.4 Å². The first-order chi connectivity index (χ1) is 7.12. The molecule has 0 aliphatic carbocycles. The molecule has 0 aromatic carbocycles. The molecular weight excluding hydrogens is 190 g/mol. The van der Waals surface area contributed by atoms with Crippen LogP contribution in [-0.4, -0.2) is 37.0 Å². The minimum atomic E-state index is 0.228. The van der Waals surface area contributed by atoms with Crippen molar-refractivity contribution in [1.82, 2.24) is 5.32 Å². The normalized spacial score (nSPS) is 12.0. The number of ether oxygens (including phenoxy) is 1. The van der Waals surface area contributed by atoms with Crippen molar-refractivity contribution >= 4 is 0 Å². The second-order valence-corrected chi connectivity index (χ2v) is 4.56. The minimum absolute atomic E-state index is 0.228. The molecule has 15 heavy (non-hydrogen) atoms. The first kappa shape index (κ1) is 14.9. The largest absolute Gasteiger partial charge is 0.396 e. The number of hydrogen-bond acceptors (Lipinski definition) is 3. The zero-order chi connectivity index (χ0) is 11.6. The van der Waals surface area contributed by atoms with Crippen LogP contribution in [0, 0.1) is 0 Å². The van der Waals surface area contributed by atoms with E-state index in [1.165, 1.54) is 0 Å². The molecule has 92 valence electrons. The SMILES string of the molecule is CCC(C)(C)NCCCCOCCCO. The smallest absolute Gasteiger partial charge is 0.0487 e. The summed E-state index contributed by atoms with van der Waals surface area (Å²) in [4.78, 5) is 0. The average molecular weight is 217 g/mol. The van der Waals surface area contributed by atoms with Gasteiger partial charge in [-0.05, 0) is 46.1 Å². The van der Waals surface area contributed by atoms with Crippen molar-refractivity contribution in [3.8, 4) is 0 Å². The molecule has 0 spiro atoms. The van der Waals surface area contributed by atoms with Crippen LogP contribution in [0.15, 0.2) is 0 Å². The molecule has 0 saturated heterocycles. The summed E-state index contributed by atoms with van der Waals surface area (Å²) in [6, 6.07) is 0. The third-order valence-electron chi connectivity index (χ3n) is 2.65. The van der Waals surface area contributed by atoms with Gasteiger partial charge in [0.2, 0.25) is 0 Å². The van der Waals surface area contributed by atoms with Gasteiger partial charge in [0.15, 0.2) is 0 Å². The molecule has 0 saturated carbocycles. The highest BCUT2D eigenvalue weighted by atomic mass is 16.5. The topological polar surface area (TPSA) is 41.5 Å². The van der Waals surface area contributed by atoms with Crippen LogP contribution in [0.2, 0.25) is 0 Å². The molecule has 0 aromatic rings. The minimum Gasteiger partial charge on any atom is -0.396 e. The third-order valence-corrected chi connectivity index (χ3v) is 2.65. The predicted molar refractivity (Wildman–Crippen MR) is 64.1 cm³/mol. The summed E-state index contributed by atoms with van der Waals surface area (Å²) in [6.07, 6.45) is 4.15. The van der Waals surface area contributed by atoms with Gasteiger partial charge >= 0.3 is 0 Å². The molecule has 3 heteroatoms. The number of hydrogen-bond donors (Lipinski definition) is 2. The lowest BCUT2D eigenvalue weighted by atomic mass is 10.0. The molecule has 0 heterocycles. The highest BCUT2D eigenvalue weighted by molar-refractivity contribution is 4.74. The Morgan fingerprint density at radius 2 is 1.80 bits per heavy atom. The Labute approximate surface area is 94.2 Å². The van der Waals surface area contributed by atoms with Crippen molar-refractivity contribution in [2.45, 2.75) is 52.0 Å². The standard InChI is InChI=1S/C12H27NO2/c1-4-12(2,3)13-8-5-6-10-15-11-7-9-14/h13-14H,4-11H2,1-3H3. The molecule has 0 rings (SSSR count). The maximum Gasteiger partial charge on any atom is 0.0487 e. The number of nitrogens with one attached hydrogen (secondary N) is 1. The molecule has 0 aliphatic rings. The second-order valence-electron chi connectivity index (χ2n) is 4.56. The average Bonchev–Trinajstić information content (AvgIpc) is 2.22. The molecule has 0 bridgehead atoms. The fourth-order valence-corrected chi connectivity index (χ4v) is 1.15. The van der Waals surface area contributed by atoms with E-state index in [0.29, 0.717) is 6.61 Å². The zero-order valence-electron chi connectivity index (χ0n) is 10.5. The summed E-state index contributed by atoms with van der Waals surface area (Å²) in [6.45, 7) is 9.44. The Morgan fingerprint density at radius 3 is 2.40 bits per heavy atom. The van der Waals surface area contributed by atoms with Crippen LogP contribution in [0.3, 0.4) is 0 Å². The number of rotatable bonds is 10. The Hall–Kier alpha value is -0.120. The first-order valence-corrected chi connectivity index (χ1v) is 6.06. The van der Waals surface area contributed by atoms with E-state index < -0.39 is 0 Å². The van der Waals surface area contributed by atoms with E-state index in [-0.39, 0.29) is 12.1 Å². The van der Waals surface area contributed by atoms with Crippen molar-refractivity contribution in [2.24, 2.45) is 0 Å². The van der Waals surface area contributed by atoms with Crippen LogP contribution >= 0.6 is 0 Å². The van der Waals surface area contributed by atoms with Crippen LogP contribution in [0.4, 0.5) is 0 Å². The van der Waals surface area contributed by atoms with Gasteiger partial charge in [-0.2, -0.15) is 0 Å². The van der Waals surface area contributed by atoms with Crippen molar-refractivity contribution in [1.29, 1.82) is 0 Å². The summed E-state index contributed by atoms with van der Waals surface area (Å²) in [5.74, 6) is 0. The van der Waals surface area contributed by atoms with Crippen molar-refractivity contribution in [3.63, 3.8) is 0 Å². The number of aliphatic hydroxyl groups excluding tert-OH is 1. The van der Waals surface area contributed by atoms with E-state index in [1.807, 2.05) is 0 Å². The maximum atomic E-state index is 8.53. The van der Waals surface area contributed by atoms with Gasteiger partial charge in [0.05, 0.1) is 0 Å². The predicted octanol–water partition coefficient (Wildman–Crippen LogP) is 1.94. The number of aliphatic hydroxyl groups is 1. The highest BCUT2D eigenvalue weighted by Crippen LogP contribution is 2.06. The Balaban J connectivity index is 3.11. The molecule has 2 N–H and O–H groups in total. The van der Waals surface area contributed by atoms with Gasteiger partial charge in [0.25, 0.3) is 0 Å². The van der Waals surface area contributed by atoms with Crippen molar-refractivity contribution in [2.75, 3.05) is 26.4 Å². The molecule has 0 fully saturated rings. The Morgan fingerprint density at radius 1 is 1.13 bits per heavy atom. The van der Waals surface area contributed by atoms with E-state index in [1.54, 1.807) is 0 Å². The molecular formula is C12H27NO2. The van der Waals surface area contributed by atoms with Crippen molar-refractivity contribution < 1.29 is 9.84 Å². The van der Waals surface area contributed by atoms with Gasteiger partial charge < -0.3 is 15.2 Å². The summed E-state index contributed by atoms with van der Waals surface area (Å²) < 4.78 is 5.34. The first-order valence-electron chi connectivity index (χ1n) is 6.06. The molecule has 0 radical (unpaired) electrons. The van der Waals surface area contributed by atoms with E-state index >= 15 is 0 Å². The van der Waals surface area contributed by atoms with Gasteiger partial charge in [-0.25, -0.2) is 0 Å². The highest BCUT2D eigenvalue weighted by Gasteiger charge is 2.12. The summed E-state index contributed by atoms with van der Waals surface area (Å²) in [7, 11) is 0. The fraction of sp³-hybridized carbons (Fsp3) is 1.00. The third kappa shape index (κ3) is 10.2. The van der Waals surface area contributed by atoms with Gasteiger partial charge in [-0.1, -0.05) is 6.92 Å². The molecule has 0 aromatic heterocycles. The monoisotopic (exact) mass is 217 g/mol. The molecule has 0 aliphatic heterocycles. The molecule has 0 atom stereocenters. The lowest BCUT2D eigenvalue weighted by Crippen LogP contribution is -2.39. The maximum absolute atomic E-state index is 8.53. The summed E-state index contributed by atoms with van der Waals surface area (Å²) >= 11 is 0. The fourth-order valence-electron chi connectivity index (χ4n) is 1.15. The summed E-state index contributed by atoms with van der Waals surface area (Å²) in [5.41, 5.74) is 0.262. The van der Waals surface area contributed by atoms with Gasteiger partial charge in [0.1, 0.15) is 0 Å². The quantitative estimate of drug-likeness (QED) is 0.550. The van der Waals surface area contributed by atoms with Crippen LogP contribution in [0.5, 0.6) is 0 Å². The zero-order valence-corrected chi connectivity index (χ0v) is 10.5. The Bertz CT molecular complexity index is 138. The summed E-state index contributed by atoms with van der Waals surface area (Å²) in [5, 5.41) is 12.0. The molecule has 3 nitrogen and oxygen atoms in total. The van der Waals surface area contributed by atoms with E-state index in [4.69, 9.17) is 9.84 Å². The van der Waals surface area contributed by atoms with Crippen LogP contribution in [-0.2, 0) is 4.74 Å². The van der Waals surface area contributed by atoms with E-state index in [0.717, 1.165) is 38.8 Å². The van der Waals surface area contributed by atoms with Gasteiger partial charge in [-0.3, -0.25) is 0 Å². The molecule has 0 amide bonds.